The highest BCUT2D eigenvalue weighted by Gasteiger charge is 2.44. The van der Waals surface area contributed by atoms with E-state index < -0.39 is 23.8 Å². The summed E-state index contributed by atoms with van der Waals surface area (Å²) in [6, 6.07) is 9.92. The highest BCUT2D eigenvalue weighted by atomic mass is 35.5. The minimum Gasteiger partial charge on any atom is -0.369 e. The number of carbonyl (C=O) groups excluding carboxylic acids is 4. The van der Waals surface area contributed by atoms with Crippen molar-refractivity contribution >= 4 is 52.5 Å². The van der Waals surface area contributed by atoms with Crippen LogP contribution < -0.4 is 10.2 Å². The van der Waals surface area contributed by atoms with Crippen molar-refractivity contribution in [1.29, 1.82) is 0 Å². The summed E-state index contributed by atoms with van der Waals surface area (Å²) in [4.78, 5) is 55.1. The van der Waals surface area contributed by atoms with Crippen molar-refractivity contribution in [3.63, 3.8) is 0 Å². The monoisotopic (exact) mass is 500 g/mol. The maximum Gasteiger partial charge on any atom is 0.262 e. The van der Waals surface area contributed by atoms with Gasteiger partial charge in [0.15, 0.2) is 0 Å². The average Bonchev–Trinajstić information content (AvgIpc) is 3.06. The van der Waals surface area contributed by atoms with Crippen LogP contribution in [0.4, 0.5) is 5.69 Å². The largest absolute Gasteiger partial charge is 0.369 e. The van der Waals surface area contributed by atoms with Gasteiger partial charge >= 0.3 is 0 Å². The van der Waals surface area contributed by atoms with Crippen LogP contribution in [0.15, 0.2) is 36.4 Å². The third-order valence-corrected chi connectivity index (χ3v) is 7.29. The van der Waals surface area contributed by atoms with E-state index in [2.05, 4.69) is 15.1 Å². The molecule has 0 aliphatic carbocycles. The molecule has 0 spiro atoms. The number of rotatable bonds is 4. The van der Waals surface area contributed by atoms with Crippen LogP contribution in [0, 0.1) is 0 Å². The lowest BCUT2D eigenvalue weighted by atomic mass is 10.0. The Hall–Kier alpha value is -2.94. The summed E-state index contributed by atoms with van der Waals surface area (Å²) < 4.78 is 0. The number of piperidine rings is 1. The number of piperazine rings is 1. The van der Waals surface area contributed by atoms with Crippen LogP contribution in [0.3, 0.4) is 0 Å². The van der Waals surface area contributed by atoms with Gasteiger partial charge in [-0.3, -0.25) is 34.3 Å². The average molecular weight is 501 g/mol. The fraction of sp³-hybridized carbons (Fsp3) is 0.333. The summed E-state index contributed by atoms with van der Waals surface area (Å²) in [5.41, 5.74) is 2.56. The smallest absolute Gasteiger partial charge is 0.262 e. The van der Waals surface area contributed by atoms with Gasteiger partial charge in [0.1, 0.15) is 6.04 Å². The quantitative estimate of drug-likeness (QED) is 0.649. The molecule has 0 saturated carbocycles. The highest BCUT2D eigenvalue weighted by molar-refractivity contribution is 6.42. The predicted octanol–water partition coefficient (Wildman–Crippen LogP) is 2.72. The molecule has 0 bridgehead atoms. The summed E-state index contributed by atoms with van der Waals surface area (Å²) in [5, 5.41) is 3.28. The van der Waals surface area contributed by atoms with Crippen LogP contribution in [0.25, 0.3) is 0 Å². The topological polar surface area (TPSA) is 90.0 Å². The first-order chi connectivity index (χ1) is 16.3. The second-order valence-electron chi connectivity index (χ2n) is 8.69. The van der Waals surface area contributed by atoms with Crippen molar-refractivity contribution in [3.8, 4) is 0 Å². The van der Waals surface area contributed by atoms with Crippen molar-refractivity contribution in [1.82, 2.24) is 15.1 Å². The van der Waals surface area contributed by atoms with Gasteiger partial charge in [-0.15, -0.1) is 0 Å². The minimum atomic E-state index is -0.956. The van der Waals surface area contributed by atoms with Gasteiger partial charge in [-0.2, -0.15) is 0 Å². The van der Waals surface area contributed by atoms with Gasteiger partial charge in [-0.1, -0.05) is 29.3 Å². The number of hydrogen-bond acceptors (Lipinski definition) is 6. The summed E-state index contributed by atoms with van der Waals surface area (Å²) >= 11 is 12.2. The lowest BCUT2D eigenvalue weighted by molar-refractivity contribution is -0.136. The summed E-state index contributed by atoms with van der Waals surface area (Å²) in [6.45, 7) is 3.94. The summed E-state index contributed by atoms with van der Waals surface area (Å²) in [5.74, 6) is -1.97. The fourth-order valence-corrected chi connectivity index (χ4v) is 5.01. The first kappa shape index (κ1) is 22.8. The van der Waals surface area contributed by atoms with Gasteiger partial charge < -0.3 is 4.90 Å². The maximum atomic E-state index is 13.0. The van der Waals surface area contributed by atoms with E-state index in [1.165, 1.54) is 0 Å². The molecule has 2 fully saturated rings. The van der Waals surface area contributed by atoms with Crippen LogP contribution in [0.2, 0.25) is 10.0 Å². The number of carbonyl (C=O) groups is 4. The fourth-order valence-electron chi connectivity index (χ4n) is 4.72. The molecule has 0 radical (unpaired) electrons. The van der Waals surface area contributed by atoms with E-state index >= 15 is 0 Å². The maximum absolute atomic E-state index is 13.0. The van der Waals surface area contributed by atoms with Crippen LogP contribution in [-0.2, 0) is 16.1 Å². The molecule has 10 heteroatoms. The van der Waals surface area contributed by atoms with Crippen molar-refractivity contribution in [3.05, 3.63) is 63.1 Å². The molecule has 2 saturated heterocycles. The molecule has 1 N–H and O–H groups in total. The molecular weight excluding hydrogens is 479 g/mol. The Morgan fingerprint density at radius 2 is 1.59 bits per heavy atom. The first-order valence-corrected chi connectivity index (χ1v) is 11.8. The Bertz CT molecular complexity index is 1210. The van der Waals surface area contributed by atoms with E-state index in [9.17, 15) is 19.2 Å². The Labute approximate surface area is 206 Å². The van der Waals surface area contributed by atoms with E-state index in [1.54, 1.807) is 18.2 Å². The number of hydrogen-bond donors (Lipinski definition) is 1. The van der Waals surface area contributed by atoms with Gasteiger partial charge in [0.2, 0.25) is 11.8 Å². The number of halogens is 2. The van der Waals surface area contributed by atoms with E-state index in [0.29, 0.717) is 27.7 Å². The molecule has 3 heterocycles. The second kappa shape index (κ2) is 9.02. The van der Waals surface area contributed by atoms with Crippen LogP contribution >= 0.6 is 23.2 Å². The second-order valence-corrected chi connectivity index (χ2v) is 9.50. The Morgan fingerprint density at radius 1 is 0.853 bits per heavy atom. The van der Waals surface area contributed by atoms with Crippen molar-refractivity contribution < 1.29 is 19.2 Å². The molecule has 2 aromatic carbocycles. The molecule has 5 rings (SSSR count). The molecule has 34 heavy (non-hydrogen) atoms. The standard InChI is InChI=1S/C24H22Cl2N4O4/c25-18-4-2-15(12-19(18)26)29-9-7-28(8-10-29)13-14-1-3-16-17(11-14)24(34)30(23(16)33)20-5-6-21(31)27-22(20)32/h1-4,11-12,20H,5-10,13H2,(H,27,31,32). The zero-order valence-electron chi connectivity index (χ0n) is 18.2. The SMILES string of the molecule is O=C1CCC(N2C(=O)c3ccc(CN4CCN(c5ccc(Cl)c(Cl)c5)CC4)cc3C2=O)C(=O)N1. The molecule has 1 atom stereocenters. The minimum absolute atomic E-state index is 0.100. The van der Waals surface area contributed by atoms with Gasteiger partial charge in [0, 0.05) is 44.8 Å². The molecule has 8 nitrogen and oxygen atoms in total. The summed E-state index contributed by atoms with van der Waals surface area (Å²) in [7, 11) is 0. The van der Waals surface area contributed by atoms with Crippen LogP contribution in [-0.4, -0.2) is 65.6 Å². The van der Waals surface area contributed by atoms with Crippen molar-refractivity contribution in [2.75, 3.05) is 31.1 Å². The molecule has 4 amide bonds. The van der Waals surface area contributed by atoms with E-state index in [1.807, 2.05) is 18.2 Å². The molecule has 2 aromatic rings. The molecule has 3 aliphatic heterocycles. The molecule has 0 aromatic heterocycles. The highest BCUT2D eigenvalue weighted by Crippen LogP contribution is 2.30. The lowest BCUT2D eigenvalue weighted by Crippen LogP contribution is -2.54. The van der Waals surface area contributed by atoms with Crippen LogP contribution in [0.1, 0.15) is 39.1 Å². The lowest BCUT2D eigenvalue weighted by Gasteiger charge is -2.36. The van der Waals surface area contributed by atoms with E-state index in [4.69, 9.17) is 23.2 Å². The normalized spacial score (nSPS) is 21.2. The van der Waals surface area contributed by atoms with Gasteiger partial charge in [0.05, 0.1) is 21.2 Å². The predicted molar refractivity (Wildman–Crippen MR) is 127 cm³/mol. The number of benzene rings is 2. The van der Waals surface area contributed by atoms with Crippen molar-refractivity contribution in [2.45, 2.75) is 25.4 Å². The molecular formula is C24H22Cl2N4O4. The van der Waals surface area contributed by atoms with Crippen LogP contribution in [0.5, 0.6) is 0 Å². The third-order valence-electron chi connectivity index (χ3n) is 6.55. The number of imide groups is 2. The first-order valence-electron chi connectivity index (χ1n) is 11.1. The zero-order valence-corrected chi connectivity index (χ0v) is 19.7. The Balaban J connectivity index is 1.25. The van der Waals surface area contributed by atoms with E-state index in [0.717, 1.165) is 42.3 Å². The van der Waals surface area contributed by atoms with Crippen molar-refractivity contribution in [2.24, 2.45) is 0 Å². The number of nitrogens with zero attached hydrogens (tertiary/aromatic N) is 3. The molecule has 1 unspecified atom stereocenters. The summed E-state index contributed by atoms with van der Waals surface area (Å²) in [6.07, 6.45) is 0.245. The zero-order chi connectivity index (χ0) is 24.0. The number of amides is 4. The van der Waals surface area contributed by atoms with Gasteiger partial charge in [0.25, 0.3) is 11.8 Å². The Morgan fingerprint density at radius 3 is 2.29 bits per heavy atom. The Kier molecular flexibility index (Phi) is 6.06. The van der Waals surface area contributed by atoms with E-state index in [-0.39, 0.29) is 18.7 Å². The third kappa shape index (κ3) is 4.17. The molecule has 176 valence electrons. The molecule has 3 aliphatic rings. The number of nitrogens with one attached hydrogen (secondary N) is 1. The number of anilines is 1. The number of fused-ring (bicyclic) bond motifs is 1. The van der Waals surface area contributed by atoms with Gasteiger partial charge in [-0.05, 0) is 42.3 Å². The van der Waals surface area contributed by atoms with Gasteiger partial charge in [-0.25, -0.2) is 0 Å².